The number of nitrogens with two attached hydrogens (primary N) is 1. The Morgan fingerprint density at radius 2 is 2.11 bits per heavy atom. The summed E-state index contributed by atoms with van der Waals surface area (Å²) in [4.78, 5) is 17.3. The molecule has 0 bridgehead atoms. The molecule has 0 radical (unpaired) electrons. The lowest BCUT2D eigenvalue weighted by atomic mass is 10.2. The highest BCUT2D eigenvalue weighted by molar-refractivity contribution is 5.87. The minimum absolute atomic E-state index is 0.0838. The molecule has 0 saturated carbocycles. The molecule has 6 nitrogen and oxygen atoms in total. The van der Waals surface area contributed by atoms with Gasteiger partial charge in [0, 0.05) is 7.11 Å². The molecule has 0 spiro atoms. The molecule has 6 heteroatoms. The number of nitrogens with zero attached hydrogens (tertiary/aromatic N) is 2. The van der Waals surface area contributed by atoms with Crippen LogP contribution in [0.3, 0.4) is 0 Å². The van der Waals surface area contributed by atoms with Crippen LogP contribution >= 0.6 is 0 Å². The SMILES string of the molecule is COCN(C(=O)OC(C)(C)C)c1ccc(N)nc1. The van der Waals surface area contributed by atoms with Crippen molar-refractivity contribution in [1.82, 2.24) is 4.98 Å². The van der Waals surface area contributed by atoms with Gasteiger partial charge in [-0.15, -0.1) is 0 Å². The first-order valence-corrected chi connectivity index (χ1v) is 5.54. The maximum absolute atomic E-state index is 12.0. The van der Waals surface area contributed by atoms with Crippen molar-refractivity contribution in [3.8, 4) is 0 Å². The number of carbonyl (C=O) groups is 1. The number of carbonyl (C=O) groups excluding carboxylic acids is 1. The lowest BCUT2D eigenvalue weighted by Gasteiger charge is -2.26. The number of nitrogen functional groups attached to an aromatic ring is 1. The van der Waals surface area contributed by atoms with Gasteiger partial charge < -0.3 is 15.2 Å². The van der Waals surface area contributed by atoms with E-state index in [1.54, 1.807) is 32.9 Å². The molecule has 0 fully saturated rings. The summed E-state index contributed by atoms with van der Waals surface area (Å²) in [7, 11) is 1.50. The Morgan fingerprint density at radius 1 is 1.44 bits per heavy atom. The highest BCUT2D eigenvalue weighted by Crippen LogP contribution is 2.18. The summed E-state index contributed by atoms with van der Waals surface area (Å²) in [6, 6.07) is 3.30. The third-order valence-electron chi connectivity index (χ3n) is 1.95. The first kappa shape index (κ1) is 14.2. The topological polar surface area (TPSA) is 77.7 Å². The van der Waals surface area contributed by atoms with Gasteiger partial charge in [-0.3, -0.25) is 4.90 Å². The summed E-state index contributed by atoms with van der Waals surface area (Å²) < 4.78 is 10.3. The van der Waals surface area contributed by atoms with Crippen LogP contribution in [0.1, 0.15) is 20.8 Å². The van der Waals surface area contributed by atoms with Gasteiger partial charge in [0.15, 0.2) is 0 Å². The Hall–Kier alpha value is -1.82. The van der Waals surface area contributed by atoms with Crippen molar-refractivity contribution in [3.63, 3.8) is 0 Å². The largest absolute Gasteiger partial charge is 0.443 e. The number of anilines is 2. The Morgan fingerprint density at radius 3 is 2.56 bits per heavy atom. The predicted octanol–water partition coefficient (Wildman–Crippen LogP) is 2.01. The predicted molar refractivity (Wildman–Crippen MR) is 69.2 cm³/mol. The number of hydrogen-bond donors (Lipinski definition) is 1. The quantitative estimate of drug-likeness (QED) is 0.834. The summed E-state index contributed by atoms with van der Waals surface area (Å²) in [6.45, 7) is 5.49. The van der Waals surface area contributed by atoms with Gasteiger partial charge in [0.1, 0.15) is 18.1 Å². The monoisotopic (exact) mass is 253 g/mol. The highest BCUT2D eigenvalue weighted by atomic mass is 16.6. The molecule has 0 saturated heterocycles. The van der Waals surface area contributed by atoms with E-state index in [-0.39, 0.29) is 6.73 Å². The van der Waals surface area contributed by atoms with Crippen LogP contribution in [-0.4, -0.2) is 30.5 Å². The van der Waals surface area contributed by atoms with E-state index in [1.807, 2.05) is 0 Å². The van der Waals surface area contributed by atoms with Crippen LogP contribution in [-0.2, 0) is 9.47 Å². The van der Waals surface area contributed by atoms with E-state index in [9.17, 15) is 4.79 Å². The second kappa shape index (κ2) is 5.68. The van der Waals surface area contributed by atoms with Crippen LogP contribution in [0.2, 0.25) is 0 Å². The zero-order chi connectivity index (χ0) is 13.8. The number of ether oxygens (including phenoxy) is 2. The van der Waals surface area contributed by atoms with E-state index in [0.29, 0.717) is 11.5 Å². The van der Waals surface area contributed by atoms with Gasteiger partial charge in [-0.2, -0.15) is 0 Å². The van der Waals surface area contributed by atoms with E-state index >= 15 is 0 Å². The molecule has 1 rings (SSSR count). The molecule has 18 heavy (non-hydrogen) atoms. The molecular formula is C12H19N3O3. The molecule has 1 amide bonds. The molecule has 1 aromatic heterocycles. The number of pyridine rings is 1. The molecule has 100 valence electrons. The van der Waals surface area contributed by atoms with Gasteiger partial charge in [0.25, 0.3) is 0 Å². The molecular weight excluding hydrogens is 234 g/mol. The van der Waals surface area contributed by atoms with Crippen molar-refractivity contribution in [2.24, 2.45) is 0 Å². The number of rotatable bonds is 3. The molecule has 0 aliphatic rings. The molecule has 2 N–H and O–H groups in total. The number of hydrogen-bond acceptors (Lipinski definition) is 5. The fourth-order valence-electron chi connectivity index (χ4n) is 1.24. The Bertz CT molecular complexity index is 398. The van der Waals surface area contributed by atoms with Gasteiger partial charge in [-0.05, 0) is 32.9 Å². The Kier molecular flexibility index (Phi) is 4.49. The lowest BCUT2D eigenvalue weighted by molar-refractivity contribution is 0.0524. The van der Waals surface area contributed by atoms with Crippen molar-refractivity contribution in [2.45, 2.75) is 26.4 Å². The van der Waals surface area contributed by atoms with Crippen molar-refractivity contribution in [2.75, 3.05) is 24.5 Å². The number of aromatic nitrogens is 1. The normalized spacial score (nSPS) is 11.1. The fraction of sp³-hybridized carbons (Fsp3) is 0.500. The first-order chi connectivity index (χ1) is 8.33. The summed E-state index contributed by atoms with van der Waals surface area (Å²) in [5, 5.41) is 0. The Balaban J connectivity index is 2.88. The molecule has 0 aromatic carbocycles. The second-order valence-corrected chi connectivity index (χ2v) is 4.77. The zero-order valence-corrected chi connectivity index (χ0v) is 11.1. The smallest absolute Gasteiger partial charge is 0.416 e. The first-order valence-electron chi connectivity index (χ1n) is 5.54. The van der Waals surface area contributed by atoms with Gasteiger partial charge in [0.2, 0.25) is 0 Å². The van der Waals surface area contributed by atoms with Crippen LogP contribution in [0.15, 0.2) is 18.3 Å². The van der Waals surface area contributed by atoms with Crippen LogP contribution in [0.4, 0.5) is 16.3 Å². The molecule has 0 aliphatic carbocycles. The third-order valence-corrected chi connectivity index (χ3v) is 1.95. The summed E-state index contributed by atoms with van der Waals surface area (Å²) >= 11 is 0. The van der Waals surface area contributed by atoms with Crippen LogP contribution < -0.4 is 10.6 Å². The molecule has 0 aliphatic heterocycles. The number of methoxy groups -OCH3 is 1. The van der Waals surface area contributed by atoms with Crippen molar-refractivity contribution in [1.29, 1.82) is 0 Å². The number of amides is 1. The standard InChI is InChI=1S/C12H19N3O3/c1-12(2,3)18-11(16)15(8-17-4)9-5-6-10(13)14-7-9/h5-7H,8H2,1-4H3,(H2,13,14). The van der Waals surface area contributed by atoms with Crippen LogP contribution in [0.5, 0.6) is 0 Å². The van der Waals surface area contributed by atoms with Gasteiger partial charge in [0.05, 0.1) is 11.9 Å². The van der Waals surface area contributed by atoms with E-state index in [0.717, 1.165) is 0 Å². The Labute approximate surface area is 107 Å². The second-order valence-electron chi connectivity index (χ2n) is 4.77. The molecule has 1 aromatic rings. The maximum atomic E-state index is 12.0. The highest BCUT2D eigenvalue weighted by Gasteiger charge is 2.23. The summed E-state index contributed by atoms with van der Waals surface area (Å²) in [5.41, 5.74) is 5.51. The minimum Gasteiger partial charge on any atom is -0.443 e. The van der Waals surface area contributed by atoms with Gasteiger partial charge in [-0.1, -0.05) is 0 Å². The van der Waals surface area contributed by atoms with Crippen LogP contribution in [0, 0.1) is 0 Å². The third kappa shape index (κ3) is 4.21. The lowest BCUT2D eigenvalue weighted by Crippen LogP contribution is -2.38. The van der Waals surface area contributed by atoms with E-state index < -0.39 is 11.7 Å². The van der Waals surface area contributed by atoms with Crippen molar-refractivity contribution < 1.29 is 14.3 Å². The van der Waals surface area contributed by atoms with E-state index in [4.69, 9.17) is 15.2 Å². The van der Waals surface area contributed by atoms with E-state index in [2.05, 4.69) is 4.98 Å². The maximum Gasteiger partial charge on any atom is 0.416 e. The molecule has 1 heterocycles. The van der Waals surface area contributed by atoms with Crippen molar-refractivity contribution >= 4 is 17.6 Å². The van der Waals surface area contributed by atoms with Crippen LogP contribution in [0.25, 0.3) is 0 Å². The average molecular weight is 253 g/mol. The van der Waals surface area contributed by atoms with E-state index in [1.165, 1.54) is 18.2 Å². The molecule has 0 unspecified atom stereocenters. The minimum atomic E-state index is -0.565. The summed E-state index contributed by atoms with van der Waals surface area (Å²) in [6.07, 6.45) is 1.01. The van der Waals surface area contributed by atoms with Crippen molar-refractivity contribution in [3.05, 3.63) is 18.3 Å². The zero-order valence-electron chi connectivity index (χ0n) is 11.1. The van der Waals surface area contributed by atoms with Gasteiger partial charge in [-0.25, -0.2) is 9.78 Å². The fourth-order valence-corrected chi connectivity index (χ4v) is 1.24. The van der Waals surface area contributed by atoms with Gasteiger partial charge >= 0.3 is 6.09 Å². The molecule has 0 atom stereocenters. The average Bonchev–Trinajstić information content (AvgIpc) is 2.25. The summed E-state index contributed by atoms with van der Waals surface area (Å²) in [5.74, 6) is 0.389.